The average molecular weight is 542 g/mol. The number of Topliss-reactive ketones (excluding diaryl/α,β-unsaturated/α-hetero) is 1. The fourth-order valence-electron chi connectivity index (χ4n) is 4.59. The van der Waals surface area contributed by atoms with Crippen LogP contribution in [0.25, 0.3) is 0 Å². The van der Waals surface area contributed by atoms with Crippen LogP contribution in [-0.2, 0) is 26.1 Å². The summed E-state index contributed by atoms with van der Waals surface area (Å²) in [5.74, 6) is 0.0416. The van der Waals surface area contributed by atoms with Crippen molar-refractivity contribution in [1.29, 1.82) is 0 Å². The van der Waals surface area contributed by atoms with Crippen molar-refractivity contribution in [3.05, 3.63) is 81.0 Å². The standard InChI is InChI=1S/C28H31NO6S2/c1-5-23-16-29(37(32,33)27-9-7-6-8-24(27)35-23)15-22-14-21(11-10-18(22)2)28(20(4)34-17-30)26-13-12-25(36-26)19(3)31/h6-14,17,20,23,28H,5,15-16H2,1-4H3/t20-,23+,28+/m0/s1. The van der Waals surface area contributed by atoms with Crippen LogP contribution in [0.1, 0.15) is 64.3 Å². The SMILES string of the molecule is CC[C@@H]1CN(Cc2cc([C@H](c3ccc(C(C)=O)s3)[C@H](C)OC=O)ccc2C)S(=O)(=O)c2ccccc2O1. The van der Waals surface area contributed by atoms with Gasteiger partial charge in [0.25, 0.3) is 6.47 Å². The number of rotatable bonds is 9. The molecule has 7 nitrogen and oxygen atoms in total. The second-order valence-electron chi connectivity index (χ2n) is 9.25. The minimum Gasteiger partial charge on any atom is -0.488 e. The molecule has 0 unspecified atom stereocenters. The first-order chi connectivity index (χ1) is 17.6. The van der Waals surface area contributed by atoms with E-state index >= 15 is 0 Å². The van der Waals surface area contributed by atoms with Gasteiger partial charge >= 0.3 is 0 Å². The van der Waals surface area contributed by atoms with E-state index in [4.69, 9.17) is 9.47 Å². The van der Waals surface area contributed by atoms with Crippen molar-refractivity contribution in [1.82, 2.24) is 4.31 Å². The molecule has 196 valence electrons. The molecular formula is C28H31NO6S2. The van der Waals surface area contributed by atoms with Gasteiger partial charge in [-0.3, -0.25) is 9.59 Å². The number of para-hydroxylation sites is 1. The topological polar surface area (TPSA) is 90.0 Å². The Bertz CT molecular complexity index is 1400. The molecule has 0 N–H and O–H groups in total. The van der Waals surface area contributed by atoms with Gasteiger partial charge in [-0.1, -0.05) is 37.3 Å². The van der Waals surface area contributed by atoms with Crippen LogP contribution < -0.4 is 4.74 Å². The van der Waals surface area contributed by atoms with Gasteiger partial charge in [0.05, 0.1) is 17.3 Å². The summed E-state index contributed by atoms with van der Waals surface area (Å²) in [5, 5.41) is 0. The maximum Gasteiger partial charge on any atom is 0.293 e. The zero-order valence-electron chi connectivity index (χ0n) is 21.3. The molecule has 3 aromatic rings. The van der Waals surface area contributed by atoms with Gasteiger partial charge in [-0.05, 0) is 68.1 Å². The summed E-state index contributed by atoms with van der Waals surface area (Å²) < 4.78 is 40.2. The van der Waals surface area contributed by atoms with Crippen LogP contribution in [0.3, 0.4) is 0 Å². The molecule has 1 aliphatic heterocycles. The normalized spacial score (nSPS) is 18.6. The number of carbonyl (C=O) groups is 2. The number of fused-ring (bicyclic) bond motifs is 1. The molecule has 0 fully saturated rings. The number of carbonyl (C=O) groups excluding carboxylic acids is 2. The summed E-state index contributed by atoms with van der Waals surface area (Å²) in [7, 11) is -3.79. The van der Waals surface area contributed by atoms with Crippen LogP contribution in [0.5, 0.6) is 5.75 Å². The highest BCUT2D eigenvalue weighted by Crippen LogP contribution is 2.37. The second kappa shape index (κ2) is 11.2. The van der Waals surface area contributed by atoms with Crippen molar-refractivity contribution in [3.8, 4) is 5.75 Å². The van der Waals surface area contributed by atoms with E-state index < -0.39 is 16.1 Å². The molecule has 0 radical (unpaired) electrons. The highest BCUT2D eigenvalue weighted by Gasteiger charge is 2.34. The largest absolute Gasteiger partial charge is 0.488 e. The maximum absolute atomic E-state index is 13.7. The zero-order valence-corrected chi connectivity index (χ0v) is 23.0. The first-order valence-corrected chi connectivity index (χ1v) is 14.5. The molecular weight excluding hydrogens is 510 g/mol. The van der Waals surface area contributed by atoms with Gasteiger partial charge in [0.1, 0.15) is 22.9 Å². The third-order valence-electron chi connectivity index (χ3n) is 6.72. The summed E-state index contributed by atoms with van der Waals surface area (Å²) in [6, 6.07) is 16.3. The minimum atomic E-state index is -3.79. The van der Waals surface area contributed by atoms with Crippen molar-refractivity contribution in [3.63, 3.8) is 0 Å². The molecule has 37 heavy (non-hydrogen) atoms. The van der Waals surface area contributed by atoms with E-state index in [1.54, 1.807) is 30.3 Å². The van der Waals surface area contributed by atoms with Gasteiger partial charge in [-0.25, -0.2) is 8.42 Å². The molecule has 0 bridgehead atoms. The Morgan fingerprint density at radius 2 is 1.97 bits per heavy atom. The fraction of sp³-hybridized carbons (Fsp3) is 0.357. The molecule has 0 saturated heterocycles. The fourth-order valence-corrected chi connectivity index (χ4v) is 7.29. The zero-order chi connectivity index (χ0) is 26.7. The number of benzene rings is 2. The van der Waals surface area contributed by atoms with Crippen molar-refractivity contribution in [2.75, 3.05) is 6.54 Å². The van der Waals surface area contributed by atoms with Gasteiger partial charge in [-0.2, -0.15) is 4.31 Å². The lowest BCUT2D eigenvalue weighted by Gasteiger charge is -2.26. The van der Waals surface area contributed by atoms with Crippen molar-refractivity contribution in [2.45, 2.75) is 63.7 Å². The first-order valence-electron chi connectivity index (χ1n) is 12.2. The lowest BCUT2D eigenvalue weighted by atomic mass is 9.90. The number of ketones is 1. The van der Waals surface area contributed by atoms with Crippen LogP contribution >= 0.6 is 11.3 Å². The van der Waals surface area contributed by atoms with Crippen LogP contribution in [0.4, 0.5) is 0 Å². The molecule has 0 aliphatic carbocycles. The molecule has 2 aromatic carbocycles. The average Bonchev–Trinajstić information content (AvgIpc) is 3.31. The lowest BCUT2D eigenvalue weighted by Crippen LogP contribution is -2.36. The summed E-state index contributed by atoms with van der Waals surface area (Å²) >= 11 is 1.37. The predicted octanol–water partition coefficient (Wildman–Crippen LogP) is 5.31. The quantitative estimate of drug-likeness (QED) is 0.269. The molecule has 0 spiro atoms. The minimum absolute atomic E-state index is 0.0251. The van der Waals surface area contributed by atoms with E-state index in [1.165, 1.54) is 22.6 Å². The van der Waals surface area contributed by atoms with Crippen LogP contribution in [0.2, 0.25) is 0 Å². The predicted molar refractivity (Wildman–Crippen MR) is 143 cm³/mol. The third-order valence-corrected chi connectivity index (χ3v) is 9.84. The number of hydrogen-bond acceptors (Lipinski definition) is 7. The number of sulfonamides is 1. The number of aryl methyl sites for hydroxylation is 1. The number of thiophene rings is 1. The van der Waals surface area contributed by atoms with E-state index in [1.807, 2.05) is 45.0 Å². The van der Waals surface area contributed by atoms with E-state index in [0.717, 1.165) is 21.6 Å². The molecule has 4 rings (SSSR count). The Morgan fingerprint density at radius 3 is 2.65 bits per heavy atom. The summed E-state index contributed by atoms with van der Waals surface area (Å²) in [5.41, 5.74) is 2.67. The second-order valence-corrected chi connectivity index (χ2v) is 12.3. The van der Waals surface area contributed by atoms with Crippen LogP contribution in [-0.4, -0.2) is 43.7 Å². The van der Waals surface area contributed by atoms with Crippen LogP contribution in [0.15, 0.2) is 59.5 Å². The number of nitrogens with zero attached hydrogens (tertiary/aromatic N) is 1. The molecule has 2 heterocycles. The van der Waals surface area contributed by atoms with Gasteiger partial charge in [0, 0.05) is 11.4 Å². The van der Waals surface area contributed by atoms with E-state index in [9.17, 15) is 18.0 Å². The Balaban J connectivity index is 1.74. The lowest BCUT2D eigenvalue weighted by molar-refractivity contribution is -0.133. The van der Waals surface area contributed by atoms with Gasteiger partial charge in [0.15, 0.2) is 5.78 Å². The molecule has 0 saturated carbocycles. The Kier molecular flexibility index (Phi) is 8.16. The third kappa shape index (κ3) is 5.63. The van der Waals surface area contributed by atoms with Gasteiger partial charge < -0.3 is 9.47 Å². The number of ether oxygens (including phenoxy) is 2. The summed E-state index contributed by atoms with van der Waals surface area (Å²) in [6.07, 6.45) is -0.0937. The van der Waals surface area contributed by atoms with Crippen LogP contribution in [0, 0.1) is 6.92 Å². The molecule has 3 atom stereocenters. The Labute approximate surface area is 222 Å². The first kappa shape index (κ1) is 27.0. The van der Waals surface area contributed by atoms with E-state index in [-0.39, 0.29) is 35.8 Å². The Hall–Kier alpha value is -3.01. The Morgan fingerprint density at radius 1 is 1.22 bits per heavy atom. The summed E-state index contributed by atoms with van der Waals surface area (Å²) in [4.78, 5) is 24.8. The summed E-state index contributed by atoms with van der Waals surface area (Å²) in [6.45, 7) is 8.10. The van der Waals surface area contributed by atoms with Crippen molar-refractivity contribution in [2.24, 2.45) is 0 Å². The molecule has 1 aliphatic rings. The van der Waals surface area contributed by atoms with Gasteiger partial charge in [0.2, 0.25) is 10.0 Å². The van der Waals surface area contributed by atoms with Gasteiger partial charge in [-0.15, -0.1) is 11.3 Å². The van der Waals surface area contributed by atoms with Crippen molar-refractivity contribution >= 4 is 33.6 Å². The smallest absolute Gasteiger partial charge is 0.293 e. The molecule has 9 heteroatoms. The highest BCUT2D eigenvalue weighted by atomic mass is 32.2. The van der Waals surface area contributed by atoms with E-state index in [2.05, 4.69) is 0 Å². The van der Waals surface area contributed by atoms with E-state index in [0.29, 0.717) is 23.5 Å². The maximum atomic E-state index is 13.7. The van der Waals surface area contributed by atoms with Crippen molar-refractivity contribution < 1.29 is 27.5 Å². The molecule has 1 aromatic heterocycles. The monoisotopic (exact) mass is 541 g/mol. The number of hydrogen-bond donors (Lipinski definition) is 0. The highest BCUT2D eigenvalue weighted by molar-refractivity contribution is 7.89. The molecule has 0 amide bonds.